The second-order valence-electron chi connectivity index (χ2n) is 7.54. The Morgan fingerprint density at radius 3 is 2.62 bits per heavy atom. The van der Waals surface area contributed by atoms with Crippen LogP contribution in [0.5, 0.6) is 0 Å². The molecular formula is C20H20FN7O3S. The number of fused-ring (bicyclic) bond motifs is 1. The maximum atomic E-state index is 13.3. The van der Waals surface area contributed by atoms with Crippen molar-refractivity contribution in [1.82, 2.24) is 29.9 Å². The van der Waals surface area contributed by atoms with Crippen molar-refractivity contribution in [3.8, 4) is 0 Å². The van der Waals surface area contributed by atoms with Gasteiger partial charge in [0.1, 0.15) is 11.6 Å². The van der Waals surface area contributed by atoms with Crippen molar-refractivity contribution in [1.29, 1.82) is 0 Å². The first-order chi connectivity index (χ1) is 15.4. The van der Waals surface area contributed by atoms with Crippen molar-refractivity contribution in [2.75, 3.05) is 18.5 Å². The molecule has 10 nitrogen and oxygen atoms in total. The molecule has 0 radical (unpaired) electrons. The molecule has 0 unspecified atom stereocenters. The first-order valence-corrected chi connectivity index (χ1v) is 11.5. The van der Waals surface area contributed by atoms with E-state index in [1.165, 1.54) is 12.1 Å². The molecule has 3 aromatic heterocycles. The Morgan fingerprint density at radius 2 is 1.94 bits per heavy atom. The number of anilines is 2. The van der Waals surface area contributed by atoms with Crippen LogP contribution >= 0.6 is 0 Å². The molecule has 4 aromatic rings. The lowest BCUT2D eigenvalue weighted by atomic mass is 10.1. The number of sulfone groups is 1. The van der Waals surface area contributed by atoms with Crippen molar-refractivity contribution in [3.63, 3.8) is 0 Å². The molecule has 1 saturated heterocycles. The highest BCUT2D eigenvalue weighted by Crippen LogP contribution is 2.30. The number of nitrogens with zero attached hydrogens (tertiary/aromatic N) is 5. The average molecular weight is 457 g/mol. The van der Waals surface area contributed by atoms with Gasteiger partial charge in [-0.1, -0.05) is 0 Å². The van der Waals surface area contributed by atoms with Crippen molar-refractivity contribution in [2.45, 2.75) is 35.9 Å². The summed E-state index contributed by atoms with van der Waals surface area (Å²) in [7, 11) is -4.11. The van der Waals surface area contributed by atoms with Crippen molar-refractivity contribution < 1.29 is 17.5 Å². The number of hydrogen-bond donors (Lipinski definition) is 2. The Hall–Kier alpha value is -3.38. The SMILES string of the molecule is Cc1cc(Nc2nc(S(=O)(=O)c3ccc(F)cc3)nc3c2cnn3C2CCOCC2)n[nH]1. The molecule has 0 aliphatic carbocycles. The van der Waals surface area contributed by atoms with E-state index < -0.39 is 20.8 Å². The second kappa shape index (κ2) is 7.95. The molecule has 0 amide bonds. The number of H-pyrrole nitrogens is 1. The lowest BCUT2D eigenvalue weighted by Gasteiger charge is -2.22. The Kier molecular flexibility index (Phi) is 5.10. The maximum Gasteiger partial charge on any atom is 0.256 e. The van der Waals surface area contributed by atoms with Gasteiger partial charge in [0.2, 0.25) is 9.84 Å². The van der Waals surface area contributed by atoms with Gasteiger partial charge in [-0.3, -0.25) is 5.10 Å². The Balaban J connectivity index is 1.67. The Morgan fingerprint density at radius 1 is 1.19 bits per heavy atom. The molecule has 1 fully saturated rings. The zero-order chi connectivity index (χ0) is 22.3. The largest absolute Gasteiger partial charge is 0.381 e. The van der Waals surface area contributed by atoms with Gasteiger partial charge >= 0.3 is 0 Å². The lowest BCUT2D eigenvalue weighted by Crippen LogP contribution is -2.21. The van der Waals surface area contributed by atoms with Crippen LogP contribution in [0, 0.1) is 12.7 Å². The smallest absolute Gasteiger partial charge is 0.256 e. The molecule has 0 bridgehead atoms. The third-order valence-electron chi connectivity index (χ3n) is 5.29. The maximum absolute atomic E-state index is 13.3. The predicted molar refractivity (Wildman–Crippen MR) is 113 cm³/mol. The van der Waals surface area contributed by atoms with E-state index in [-0.39, 0.29) is 16.8 Å². The number of benzene rings is 1. The van der Waals surface area contributed by atoms with Crippen LogP contribution in [0.4, 0.5) is 16.0 Å². The number of halogens is 1. The first-order valence-electron chi connectivity index (χ1n) is 10.0. The molecule has 12 heteroatoms. The monoisotopic (exact) mass is 457 g/mol. The molecule has 32 heavy (non-hydrogen) atoms. The summed E-state index contributed by atoms with van der Waals surface area (Å²) >= 11 is 0. The molecule has 2 N–H and O–H groups in total. The minimum atomic E-state index is -4.11. The molecule has 5 rings (SSSR count). The minimum Gasteiger partial charge on any atom is -0.381 e. The lowest BCUT2D eigenvalue weighted by molar-refractivity contribution is 0.0673. The van der Waals surface area contributed by atoms with Gasteiger partial charge in [0.05, 0.1) is 22.5 Å². The zero-order valence-corrected chi connectivity index (χ0v) is 17.9. The van der Waals surface area contributed by atoms with Gasteiger partial charge in [-0.2, -0.15) is 20.2 Å². The summed E-state index contributed by atoms with van der Waals surface area (Å²) in [5.74, 6) is 0.209. The summed E-state index contributed by atoms with van der Waals surface area (Å²) in [6, 6.07) is 6.35. The standard InChI is InChI=1S/C20H20FN7O3S/c1-12-10-17(27-26-12)23-18-16-11-22-28(14-6-8-31-9-7-14)19(16)25-20(24-18)32(29,30)15-4-2-13(21)3-5-15/h2-5,10-11,14H,6-9H2,1H3,(H2,23,24,25,26,27). The summed E-state index contributed by atoms with van der Waals surface area (Å²) in [5.41, 5.74) is 1.22. The van der Waals surface area contributed by atoms with Crippen molar-refractivity contribution in [2.24, 2.45) is 0 Å². The summed E-state index contributed by atoms with van der Waals surface area (Å²) in [5, 5.41) is 14.7. The summed E-state index contributed by atoms with van der Waals surface area (Å²) < 4.78 is 47.0. The van der Waals surface area contributed by atoms with E-state index in [4.69, 9.17) is 4.74 Å². The number of aromatic nitrogens is 6. The molecule has 0 spiro atoms. The van der Waals surface area contributed by atoms with Gasteiger partial charge in [-0.25, -0.2) is 17.5 Å². The third kappa shape index (κ3) is 3.71. The number of hydrogen-bond acceptors (Lipinski definition) is 8. The van der Waals surface area contributed by atoms with Gasteiger partial charge in [0, 0.05) is 25.0 Å². The van der Waals surface area contributed by atoms with E-state index in [0.29, 0.717) is 30.1 Å². The highest BCUT2D eigenvalue weighted by atomic mass is 32.2. The highest BCUT2D eigenvalue weighted by Gasteiger charge is 2.27. The van der Waals surface area contributed by atoms with Crippen LogP contribution in [0.3, 0.4) is 0 Å². The molecule has 0 atom stereocenters. The number of aromatic amines is 1. The van der Waals surface area contributed by atoms with E-state index in [1.54, 1.807) is 16.9 Å². The van der Waals surface area contributed by atoms with Crippen LogP contribution in [0.1, 0.15) is 24.6 Å². The molecule has 1 aromatic carbocycles. The van der Waals surface area contributed by atoms with Crippen LogP contribution < -0.4 is 5.32 Å². The molecule has 0 saturated carbocycles. The van der Waals surface area contributed by atoms with Crippen LogP contribution in [-0.2, 0) is 14.6 Å². The fraction of sp³-hybridized carbons (Fsp3) is 0.300. The van der Waals surface area contributed by atoms with E-state index in [2.05, 4.69) is 30.6 Å². The second-order valence-corrected chi connectivity index (χ2v) is 9.39. The van der Waals surface area contributed by atoms with Gasteiger partial charge in [-0.05, 0) is 44.0 Å². The average Bonchev–Trinajstić information content (AvgIpc) is 3.41. The summed E-state index contributed by atoms with van der Waals surface area (Å²) in [4.78, 5) is 8.59. The fourth-order valence-corrected chi connectivity index (χ4v) is 4.76. The topological polar surface area (TPSA) is 128 Å². The summed E-state index contributed by atoms with van der Waals surface area (Å²) in [6.07, 6.45) is 3.09. The number of aryl methyl sites for hydroxylation is 1. The summed E-state index contributed by atoms with van der Waals surface area (Å²) in [6.45, 7) is 3.03. The van der Waals surface area contributed by atoms with E-state index >= 15 is 0 Å². The molecule has 1 aliphatic rings. The van der Waals surface area contributed by atoms with Crippen LogP contribution in [-0.4, -0.2) is 51.6 Å². The number of nitrogens with one attached hydrogen (secondary N) is 2. The fourth-order valence-electron chi connectivity index (χ4n) is 3.64. The van der Waals surface area contributed by atoms with E-state index in [0.717, 1.165) is 30.7 Å². The minimum absolute atomic E-state index is 0.0259. The molecule has 166 valence electrons. The van der Waals surface area contributed by atoms with Gasteiger partial charge in [-0.15, -0.1) is 0 Å². The number of ether oxygens (including phenoxy) is 1. The Labute approximate surface area is 182 Å². The van der Waals surface area contributed by atoms with Crippen LogP contribution in [0.15, 0.2) is 46.6 Å². The Bertz CT molecular complexity index is 1380. The molecule has 1 aliphatic heterocycles. The predicted octanol–water partition coefficient (Wildman–Crippen LogP) is 2.92. The van der Waals surface area contributed by atoms with Gasteiger partial charge in [0.15, 0.2) is 11.5 Å². The molecular weight excluding hydrogens is 437 g/mol. The highest BCUT2D eigenvalue weighted by molar-refractivity contribution is 7.91. The normalized spacial score (nSPS) is 15.3. The zero-order valence-electron chi connectivity index (χ0n) is 17.1. The first kappa shape index (κ1) is 20.5. The van der Waals surface area contributed by atoms with E-state index in [9.17, 15) is 12.8 Å². The third-order valence-corrected chi connectivity index (χ3v) is 6.84. The van der Waals surface area contributed by atoms with Gasteiger partial charge < -0.3 is 10.1 Å². The van der Waals surface area contributed by atoms with E-state index in [1.807, 2.05) is 6.92 Å². The quantitative estimate of drug-likeness (QED) is 0.346. The van der Waals surface area contributed by atoms with Crippen molar-refractivity contribution in [3.05, 3.63) is 48.0 Å². The van der Waals surface area contributed by atoms with Crippen LogP contribution in [0.25, 0.3) is 11.0 Å². The number of rotatable bonds is 5. The van der Waals surface area contributed by atoms with Gasteiger partial charge in [0.25, 0.3) is 5.16 Å². The molecule has 4 heterocycles. The van der Waals surface area contributed by atoms with Crippen LogP contribution in [0.2, 0.25) is 0 Å². The van der Waals surface area contributed by atoms with Crippen molar-refractivity contribution >= 4 is 32.5 Å².